The quantitative estimate of drug-likeness (QED) is 0.874. The summed E-state index contributed by atoms with van der Waals surface area (Å²) in [6.45, 7) is 1.68. The van der Waals surface area contributed by atoms with Gasteiger partial charge in [-0.1, -0.05) is 18.9 Å². The Hall–Kier alpha value is -1.96. The number of amides is 1. The summed E-state index contributed by atoms with van der Waals surface area (Å²) in [4.78, 5) is 21.4. The number of hydrogen-bond donors (Lipinski definition) is 1. The number of halogens is 3. The summed E-state index contributed by atoms with van der Waals surface area (Å²) in [5.41, 5.74) is 1.14. The molecule has 2 heterocycles. The lowest BCUT2D eigenvalue weighted by Gasteiger charge is -2.33. The van der Waals surface area contributed by atoms with E-state index in [1.54, 1.807) is 25.3 Å². The van der Waals surface area contributed by atoms with Crippen LogP contribution in [0.2, 0.25) is 0 Å². The van der Waals surface area contributed by atoms with Crippen LogP contribution >= 0.6 is 11.3 Å². The zero-order chi connectivity index (χ0) is 18.0. The maximum Gasteiger partial charge on any atom is 0.393 e. The Kier molecular flexibility index (Phi) is 5.08. The minimum absolute atomic E-state index is 0.0648. The second kappa shape index (κ2) is 7.11. The minimum atomic E-state index is -4.29. The first-order valence-electron chi connectivity index (χ1n) is 8.12. The molecule has 0 saturated heterocycles. The standard InChI is InChI=1S/C17H18F3N3OS/c1-10-14(25-16(22-10)13-8-4-5-9-21-13)15(24)23-12-7-3-2-6-11(12)17(18,19)20/h4-5,8-9,11-12H,2-3,6-7H2,1H3,(H,23,24)/t11-,12+/m1/s1. The molecule has 0 radical (unpaired) electrons. The highest BCUT2D eigenvalue weighted by Crippen LogP contribution is 2.38. The van der Waals surface area contributed by atoms with Gasteiger partial charge >= 0.3 is 6.18 Å². The molecule has 3 rings (SSSR count). The average molecular weight is 369 g/mol. The summed E-state index contributed by atoms with van der Waals surface area (Å²) in [6.07, 6.45) is -1.02. The number of carbonyl (C=O) groups excluding carboxylic acids is 1. The molecule has 1 aliphatic rings. The number of nitrogens with zero attached hydrogens (tertiary/aromatic N) is 2. The van der Waals surface area contributed by atoms with Crippen LogP contribution in [0.15, 0.2) is 24.4 Å². The van der Waals surface area contributed by atoms with Gasteiger partial charge in [-0.05, 0) is 31.9 Å². The number of thiazole rings is 1. The van der Waals surface area contributed by atoms with E-state index in [0.717, 1.165) is 11.3 Å². The van der Waals surface area contributed by atoms with Crippen molar-refractivity contribution in [3.05, 3.63) is 35.0 Å². The maximum atomic E-state index is 13.2. The molecule has 134 valence electrons. The van der Waals surface area contributed by atoms with E-state index in [-0.39, 0.29) is 6.42 Å². The molecule has 0 unspecified atom stereocenters. The first kappa shape index (κ1) is 17.8. The number of aryl methyl sites for hydroxylation is 1. The van der Waals surface area contributed by atoms with Crippen LogP contribution in [-0.2, 0) is 0 Å². The fourth-order valence-electron chi connectivity index (χ4n) is 3.14. The predicted octanol–water partition coefficient (Wildman–Crippen LogP) is 4.36. The number of hydrogen-bond acceptors (Lipinski definition) is 4. The van der Waals surface area contributed by atoms with E-state index in [1.165, 1.54) is 0 Å². The molecule has 2 aromatic rings. The summed E-state index contributed by atoms with van der Waals surface area (Å²) < 4.78 is 39.5. The molecule has 1 aliphatic carbocycles. The van der Waals surface area contributed by atoms with Gasteiger partial charge in [-0.15, -0.1) is 11.3 Å². The van der Waals surface area contributed by atoms with Crippen LogP contribution in [0, 0.1) is 12.8 Å². The smallest absolute Gasteiger partial charge is 0.348 e. The lowest BCUT2D eigenvalue weighted by atomic mass is 9.84. The molecule has 4 nitrogen and oxygen atoms in total. The predicted molar refractivity (Wildman–Crippen MR) is 89.3 cm³/mol. The normalized spacial score (nSPS) is 21.1. The lowest BCUT2D eigenvalue weighted by molar-refractivity contribution is -0.187. The van der Waals surface area contributed by atoms with E-state index in [1.807, 2.05) is 6.07 Å². The van der Waals surface area contributed by atoms with Crippen molar-refractivity contribution in [2.75, 3.05) is 0 Å². The van der Waals surface area contributed by atoms with Crippen LogP contribution < -0.4 is 5.32 Å². The molecule has 0 bridgehead atoms. The average Bonchev–Trinajstić information content (AvgIpc) is 2.97. The summed E-state index contributed by atoms with van der Waals surface area (Å²) >= 11 is 1.15. The maximum absolute atomic E-state index is 13.2. The van der Waals surface area contributed by atoms with Crippen LogP contribution in [-0.4, -0.2) is 28.1 Å². The van der Waals surface area contributed by atoms with Crippen molar-refractivity contribution in [1.29, 1.82) is 0 Å². The van der Waals surface area contributed by atoms with Gasteiger partial charge in [0.25, 0.3) is 5.91 Å². The molecule has 2 atom stereocenters. The van der Waals surface area contributed by atoms with Crippen molar-refractivity contribution < 1.29 is 18.0 Å². The van der Waals surface area contributed by atoms with Crippen molar-refractivity contribution in [2.24, 2.45) is 5.92 Å². The Morgan fingerprint density at radius 1 is 1.28 bits per heavy atom. The third-order valence-electron chi connectivity index (χ3n) is 4.39. The summed E-state index contributed by atoms with van der Waals surface area (Å²) in [6, 6.07) is 4.49. The van der Waals surface area contributed by atoms with Gasteiger partial charge in [-0.25, -0.2) is 4.98 Å². The first-order valence-corrected chi connectivity index (χ1v) is 8.94. The van der Waals surface area contributed by atoms with Gasteiger partial charge in [0.15, 0.2) is 0 Å². The van der Waals surface area contributed by atoms with Gasteiger partial charge in [0.2, 0.25) is 0 Å². The highest BCUT2D eigenvalue weighted by molar-refractivity contribution is 7.17. The molecular formula is C17H18F3N3OS. The number of nitrogens with one attached hydrogen (secondary N) is 1. The highest BCUT2D eigenvalue weighted by Gasteiger charge is 2.46. The van der Waals surface area contributed by atoms with Gasteiger partial charge in [0.1, 0.15) is 9.88 Å². The van der Waals surface area contributed by atoms with E-state index in [2.05, 4.69) is 15.3 Å². The van der Waals surface area contributed by atoms with E-state index < -0.39 is 24.0 Å². The topological polar surface area (TPSA) is 54.9 Å². The summed E-state index contributed by atoms with van der Waals surface area (Å²) in [7, 11) is 0. The fraction of sp³-hybridized carbons (Fsp3) is 0.471. The molecule has 1 N–H and O–H groups in total. The van der Waals surface area contributed by atoms with E-state index in [0.29, 0.717) is 40.5 Å². The SMILES string of the molecule is Cc1nc(-c2ccccn2)sc1C(=O)N[C@H]1CCCC[C@H]1C(F)(F)F. The molecule has 0 aliphatic heterocycles. The van der Waals surface area contributed by atoms with Crippen LogP contribution in [0.1, 0.15) is 41.0 Å². The molecule has 8 heteroatoms. The number of rotatable bonds is 3. The molecule has 2 aromatic heterocycles. The molecule has 1 fully saturated rings. The molecule has 0 aromatic carbocycles. The number of carbonyl (C=O) groups is 1. The second-order valence-electron chi connectivity index (χ2n) is 6.16. The van der Waals surface area contributed by atoms with Crippen LogP contribution in [0.25, 0.3) is 10.7 Å². The third-order valence-corrected chi connectivity index (χ3v) is 5.57. The monoisotopic (exact) mass is 369 g/mol. The summed E-state index contributed by atoms with van der Waals surface area (Å²) in [5, 5.41) is 3.17. The minimum Gasteiger partial charge on any atom is -0.348 e. The van der Waals surface area contributed by atoms with Crippen LogP contribution in [0.4, 0.5) is 13.2 Å². The number of alkyl halides is 3. The Balaban J connectivity index is 1.78. The van der Waals surface area contributed by atoms with Crippen molar-refractivity contribution in [3.63, 3.8) is 0 Å². The van der Waals surface area contributed by atoms with Crippen LogP contribution in [0.5, 0.6) is 0 Å². The zero-order valence-corrected chi connectivity index (χ0v) is 14.5. The van der Waals surface area contributed by atoms with Gasteiger partial charge < -0.3 is 5.32 Å². The van der Waals surface area contributed by atoms with Gasteiger partial charge in [0, 0.05) is 12.2 Å². The zero-order valence-electron chi connectivity index (χ0n) is 13.6. The Morgan fingerprint density at radius 3 is 2.72 bits per heavy atom. The largest absolute Gasteiger partial charge is 0.393 e. The van der Waals surface area contributed by atoms with Gasteiger partial charge in [0.05, 0.1) is 17.3 Å². The van der Waals surface area contributed by atoms with Crippen molar-refractivity contribution in [2.45, 2.75) is 44.8 Å². The molecule has 1 amide bonds. The molecule has 0 spiro atoms. The van der Waals surface area contributed by atoms with Gasteiger partial charge in [-0.2, -0.15) is 13.2 Å². The Bertz CT molecular complexity index is 745. The number of aromatic nitrogens is 2. The van der Waals surface area contributed by atoms with E-state index in [4.69, 9.17) is 0 Å². The Labute approximate surface area is 147 Å². The number of pyridine rings is 1. The van der Waals surface area contributed by atoms with E-state index >= 15 is 0 Å². The van der Waals surface area contributed by atoms with E-state index in [9.17, 15) is 18.0 Å². The van der Waals surface area contributed by atoms with Crippen molar-refractivity contribution in [3.8, 4) is 10.7 Å². The fourth-order valence-corrected chi connectivity index (χ4v) is 4.08. The summed E-state index contributed by atoms with van der Waals surface area (Å²) in [5.74, 6) is -1.97. The first-order chi connectivity index (χ1) is 11.9. The molecule has 1 saturated carbocycles. The van der Waals surface area contributed by atoms with Crippen molar-refractivity contribution in [1.82, 2.24) is 15.3 Å². The van der Waals surface area contributed by atoms with Gasteiger partial charge in [-0.3, -0.25) is 9.78 Å². The molecule has 25 heavy (non-hydrogen) atoms. The van der Waals surface area contributed by atoms with Crippen molar-refractivity contribution >= 4 is 17.2 Å². The lowest BCUT2D eigenvalue weighted by Crippen LogP contribution is -2.47. The third kappa shape index (κ3) is 4.00. The van der Waals surface area contributed by atoms with Crippen LogP contribution in [0.3, 0.4) is 0 Å². The Morgan fingerprint density at radius 2 is 2.04 bits per heavy atom. The highest BCUT2D eigenvalue weighted by atomic mass is 32.1. The molecular weight excluding hydrogens is 351 g/mol. The second-order valence-corrected chi connectivity index (χ2v) is 7.16.